The average molecular weight is 638 g/mol. The molecule has 0 aromatic heterocycles. The molecule has 1 saturated heterocycles. The Morgan fingerprint density at radius 1 is 1.02 bits per heavy atom. The molecule has 1 fully saturated rings. The number of rotatable bonds is 10. The lowest BCUT2D eigenvalue weighted by Crippen LogP contribution is -2.47. The molecule has 0 bridgehead atoms. The largest absolute Gasteiger partial charge is 0.367 e. The molecule has 10 heteroatoms. The van der Waals surface area contributed by atoms with E-state index < -0.39 is 6.04 Å². The molecule has 1 atom stereocenters. The van der Waals surface area contributed by atoms with E-state index in [-0.39, 0.29) is 30.5 Å². The summed E-state index contributed by atoms with van der Waals surface area (Å²) in [7, 11) is 1.52. The summed E-state index contributed by atoms with van der Waals surface area (Å²) in [6.45, 7) is 3.79. The number of halogens is 2. The van der Waals surface area contributed by atoms with Crippen molar-refractivity contribution in [3.05, 3.63) is 105 Å². The Kier molecular flexibility index (Phi) is 9.02. The molecule has 2 heterocycles. The Morgan fingerprint density at radius 2 is 1.74 bits per heavy atom. The van der Waals surface area contributed by atoms with Crippen LogP contribution in [0.15, 0.2) is 66.7 Å². The first-order valence-corrected chi connectivity index (χ1v) is 15.7. The maximum absolute atomic E-state index is 14.5. The maximum atomic E-state index is 14.5. The van der Waals surface area contributed by atoms with Crippen LogP contribution < -0.4 is 15.1 Å². The van der Waals surface area contributed by atoms with E-state index in [1.54, 1.807) is 18.2 Å². The molecule has 46 heavy (non-hydrogen) atoms. The molecule has 1 unspecified atom stereocenters. The van der Waals surface area contributed by atoms with Crippen LogP contribution in [0.5, 0.6) is 0 Å². The van der Waals surface area contributed by atoms with Gasteiger partial charge in [0.15, 0.2) is 0 Å². The van der Waals surface area contributed by atoms with Gasteiger partial charge in [-0.15, -0.1) is 0 Å². The highest BCUT2D eigenvalue weighted by Crippen LogP contribution is 2.42. The monoisotopic (exact) mass is 637 g/mol. The number of nitrogens with zero attached hydrogens (tertiary/aromatic N) is 4. The zero-order chi connectivity index (χ0) is 32.4. The van der Waals surface area contributed by atoms with Gasteiger partial charge in [0.05, 0.1) is 28.6 Å². The number of hydrogen-bond donors (Lipinski definition) is 1. The molecule has 4 aromatic carbocycles. The normalized spacial score (nSPS) is 15.2. The number of carbonyl (C=O) groups excluding carboxylic acids is 3. The third-order valence-corrected chi connectivity index (χ3v) is 9.11. The summed E-state index contributed by atoms with van der Waals surface area (Å²) in [6, 6.07) is 21.7. The van der Waals surface area contributed by atoms with Crippen LogP contribution in [0.3, 0.4) is 0 Å². The van der Waals surface area contributed by atoms with Crippen molar-refractivity contribution in [3.63, 3.8) is 0 Å². The minimum Gasteiger partial charge on any atom is -0.367 e. The molecule has 2 amide bonds. The maximum Gasteiger partial charge on any atom is 0.259 e. The number of nitriles is 1. The molecular formula is C36H33ClFN5O3. The van der Waals surface area contributed by atoms with Crippen molar-refractivity contribution in [3.8, 4) is 6.07 Å². The number of likely N-dealkylation sites (N-methyl/N-ethyl adjacent to an activating group) is 1. The van der Waals surface area contributed by atoms with E-state index in [9.17, 15) is 18.8 Å². The Balaban J connectivity index is 1.16. The van der Waals surface area contributed by atoms with Crippen molar-refractivity contribution >= 4 is 51.8 Å². The van der Waals surface area contributed by atoms with Crippen LogP contribution in [-0.4, -0.2) is 62.3 Å². The van der Waals surface area contributed by atoms with Crippen LogP contribution in [0.1, 0.15) is 45.5 Å². The highest BCUT2D eigenvalue weighted by Gasteiger charge is 2.38. The van der Waals surface area contributed by atoms with Gasteiger partial charge < -0.3 is 15.0 Å². The third-order valence-electron chi connectivity index (χ3n) is 8.89. The summed E-state index contributed by atoms with van der Waals surface area (Å²) in [5.74, 6) is -0.989. The number of benzene rings is 4. The van der Waals surface area contributed by atoms with Gasteiger partial charge in [-0.3, -0.25) is 19.4 Å². The molecule has 8 nitrogen and oxygen atoms in total. The molecule has 0 saturated carbocycles. The second-order valence-electron chi connectivity index (χ2n) is 11.7. The highest BCUT2D eigenvalue weighted by atomic mass is 35.5. The predicted octanol–water partition coefficient (Wildman–Crippen LogP) is 5.47. The average Bonchev–Trinajstić information content (AvgIpc) is 3.34. The molecule has 1 N–H and O–H groups in total. The van der Waals surface area contributed by atoms with Gasteiger partial charge in [0.25, 0.3) is 5.91 Å². The topological polar surface area (TPSA) is 96.8 Å². The standard InChI is InChI=1S/C36H33ClFN5O3/c1-40-35(45)33(3-2-16-44)43-32-11-9-26(28-19-27(37)20-29(34(28)32)36(43)46)17-23-4-6-24(7-5-23)22-41-12-14-42(15-13-41)31-10-8-25(21-39)18-30(31)38/h4-11,16,18-20,33H,2-3,12-15,17,22H2,1H3,(H,40,45). The molecule has 2 aliphatic rings. The van der Waals surface area contributed by atoms with Crippen molar-refractivity contribution in [2.75, 3.05) is 43.0 Å². The summed E-state index contributed by atoms with van der Waals surface area (Å²) in [5, 5.41) is 13.7. The van der Waals surface area contributed by atoms with Gasteiger partial charge in [0.1, 0.15) is 18.1 Å². The van der Waals surface area contributed by atoms with E-state index in [0.717, 1.165) is 47.8 Å². The van der Waals surface area contributed by atoms with Crippen LogP contribution in [0.4, 0.5) is 15.8 Å². The third kappa shape index (κ3) is 6.06. The van der Waals surface area contributed by atoms with E-state index in [0.29, 0.717) is 47.0 Å². The van der Waals surface area contributed by atoms with Crippen LogP contribution >= 0.6 is 11.6 Å². The van der Waals surface area contributed by atoms with Gasteiger partial charge in [-0.25, -0.2) is 4.39 Å². The molecule has 0 aliphatic carbocycles. The van der Waals surface area contributed by atoms with E-state index in [1.165, 1.54) is 23.6 Å². The molecule has 4 aromatic rings. The Morgan fingerprint density at radius 3 is 2.41 bits per heavy atom. The van der Waals surface area contributed by atoms with E-state index >= 15 is 0 Å². The molecule has 234 valence electrons. The minimum atomic E-state index is -0.810. The number of nitrogens with one attached hydrogen (secondary N) is 1. The van der Waals surface area contributed by atoms with Gasteiger partial charge in [0.2, 0.25) is 5.91 Å². The molecule has 2 aliphatic heterocycles. The quantitative estimate of drug-likeness (QED) is 0.232. The first-order chi connectivity index (χ1) is 22.3. The summed E-state index contributed by atoms with van der Waals surface area (Å²) < 4.78 is 14.5. The number of carbonyl (C=O) groups is 3. The highest BCUT2D eigenvalue weighted by molar-refractivity contribution is 6.34. The van der Waals surface area contributed by atoms with Crippen molar-refractivity contribution in [1.82, 2.24) is 10.2 Å². The molecule has 6 rings (SSSR count). The number of anilines is 2. The van der Waals surface area contributed by atoms with Crippen LogP contribution in [-0.2, 0) is 22.6 Å². The van der Waals surface area contributed by atoms with Crippen molar-refractivity contribution in [2.24, 2.45) is 0 Å². The smallest absolute Gasteiger partial charge is 0.259 e. The summed E-state index contributed by atoms with van der Waals surface area (Å²) >= 11 is 6.51. The first kappa shape index (κ1) is 31.2. The lowest BCUT2D eigenvalue weighted by Gasteiger charge is -2.36. The van der Waals surface area contributed by atoms with Crippen molar-refractivity contribution in [1.29, 1.82) is 5.26 Å². The van der Waals surface area contributed by atoms with E-state index in [1.807, 2.05) is 29.2 Å². The summed E-state index contributed by atoms with van der Waals surface area (Å²) in [6.07, 6.45) is 1.76. The summed E-state index contributed by atoms with van der Waals surface area (Å²) in [5.41, 5.74) is 5.26. The second kappa shape index (κ2) is 13.3. The first-order valence-electron chi connectivity index (χ1n) is 15.3. The Bertz CT molecular complexity index is 1860. The van der Waals surface area contributed by atoms with Gasteiger partial charge >= 0.3 is 0 Å². The number of hydrogen-bond acceptors (Lipinski definition) is 6. The predicted molar refractivity (Wildman–Crippen MR) is 177 cm³/mol. The lowest BCUT2D eigenvalue weighted by atomic mass is 9.95. The summed E-state index contributed by atoms with van der Waals surface area (Å²) in [4.78, 5) is 43.4. The SMILES string of the molecule is CNC(=O)C(CCC=O)N1C(=O)c2cc(Cl)cc3c(Cc4ccc(CN5CCN(c6ccc(C#N)cc6F)CC5)cc4)ccc1c23. The van der Waals surface area contributed by atoms with Crippen LogP contribution in [0.25, 0.3) is 10.8 Å². The fourth-order valence-corrected chi connectivity index (χ4v) is 6.77. The Hall–Kier alpha value is -4.78. The number of piperazine rings is 1. The molecule has 0 spiro atoms. The van der Waals surface area contributed by atoms with Gasteiger partial charge in [0, 0.05) is 56.6 Å². The van der Waals surface area contributed by atoms with Crippen molar-refractivity contribution < 1.29 is 18.8 Å². The molecular weight excluding hydrogens is 605 g/mol. The Labute approximate surface area is 272 Å². The van der Waals surface area contributed by atoms with E-state index in [4.69, 9.17) is 16.9 Å². The van der Waals surface area contributed by atoms with Crippen LogP contribution in [0, 0.1) is 17.1 Å². The molecule has 0 radical (unpaired) electrons. The van der Waals surface area contributed by atoms with E-state index in [2.05, 4.69) is 34.5 Å². The number of aldehydes is 1. The second-order valence-corrected chi connectivity index (χ2v) is 12.1. The van der Waals surface area contributed by atoms with Gasteiger partial charge in [-0.05, 0) is 71.3 Å². The van der Waals surface area contributed by atoms with Crippen LogP contribution in [0.2, 0.25) is 5.02 Å². The van der Waals surface area contributed by atoms with Gasteiger partial charge in [-0.1, -0.05) is 41.9 Å². The zero-order valence-electron chi connectivity index (χ0n) is 25.4. The minimum absolute atomic E-state index is 0.158. The van der Waals surface area contributed by atoms with Gasteiger partial charge in [-0.2, -0.15) is 5.26 Å². The fourth-order valence-electron chi connectivity index (χ4n) is 6.55. The van der Waals surface area contributed by atoms with Crippen molar-refractivity contribution in [2.45, 2.75) is 31.8 Å². The fraction of sp³-hybridized carbons (Fsp3) is 0.278. The zero-order valence-corrected chi connectivity index (χ0v) is 26.2. The lowest BCUT2D eigenvalue weighted by molar-refractivity contribution is -0.122. The number of amides is 2.